The van der Waals surface area contributed by atoms with Crippen LogP contribution in [0.4, 0.5) is 0 Å². The van der Waals surface area contributed by atoms with Crippen molar-refractivity contribution in [2.24, 2.45) is 0 Å². The molecule has 6 heteroatoms. The number of β-amino-alcohol motifs (C(OH)–C–C–N with tert-alkyl or cyclic N) is 2. The van der Waals surface area contributed by atoms with Gasteiger partial charge in [-0.2, -0.15) is 0 Å². The van der Waals surface area contributed by atoms with E-state index in [-0.39, 0.29) is 13.2 Å². The Labute approximate surface area is 227 Å². The minimum Gasteiger partial charge on any atom is -0.491 e. The SMILES string of the molecule is O[C@@H](COc1ccc([C@@H]2C=CCC2)cc1)CN1CCN(C[C@@H](O)COc2ccc([C@H]3C=CCC3)cc2)CC1. The van der Waals surface area contributed by atoms with Gasteiger partial charge in [-0.25, -0.2) is 0 Å². The Balaban J connectivity index is 0.952. The van der Waals surface area contributed by atoms with Gasteiger partial charge >= 0.3 is 0 Å². The van der Waals surface area contributed by atoms with Gasteiger partial charge in [-0.1, -0.05) is 48.6 Å². The zero-order chi connectivity index (χ0) is 26.2. The van der Waals surface area contributed by atoms with E-state index >= 15 is 0 Å². The summed E-state index contributed by atoms with van der Waals surface area (Å²) in [7, 11) is 0. The third-order valence-corrected chi connectivity index (χ3v) is 7.93. The highest BCUT2D eigenvalue weighted by Gasteiger charge is 2.22. The number of benzene rings is 2. The van der Waals surface area contributed by atoms with Crippen molar-refractivity contribution in [2.75, 3.05) is 52.5 Å². The number of aliphatic hydroxyl groups is 2. The minimum atomic E-state index is -0.533. The van der Waals surface area contributed by atoms with Crippen LogP contribution in [0.15, 0.2) is 72.8 Å². The molecule has 1 heterocycles. The average Bonchev–Trinajstić information content (AvgIpc) is 3.68. The van der Waals surface area contributed by atoms with Crippen LogP contribution in [0.25, 0.3) is 0 Å². The fourth-order valence-electron chi connectivity index (χ4n) is 5.68. The van der Waals surface area contributed by atoms with Gasteiger partial charge in [-0.15, -0.1) is 0 Å². The number of rotatable bonds is 12. The van der Waals surface area contributed by atoms with E-state index in [4.69, 9.17) is 9.47 Å². The summed E-state index contributed by atoms with van der Waals surface area (Å²) in [5.41, 5.74) is 2.65. The highest BCUT2D eigenvalue weighted by atomic mass is 16.5. The summed E-state index contributed by atoms with van der Waals surface area (Å²) in [6.07, 6.45) is 12.7. The van der Waals surface area contributed by atoms with E-state index in [1.54, 1.807) is 0 Å². The second-order valence-corrected chi connectivity index (χ2v) is 10.9. The first-order valence-corrected chi connectivity index (χ1v) is 14.2. The van der Waals surface area contributed by atoms with E-state index < -0.39 is 12.2 Å². The van der Waals surface area contributed by atoms with E-state index in [2.05, 4.69) is 58.4 Å². The molecule has 0 radical (unpaired) electrons. The molecule has 3 aliphatic rings. The number of nitrogens with zero attached hydrogens (tertiary/aromatic N) is 2. The molecule has 38 heavy (non-hydrogen) atoms. The molecular formula is C32H42N2O4. The van der Waals surface area contributed by atoms with E-state index in [1.165, 1.54) is 24.0 Å². The van der Waals surface area contributed by atoms with Crippen molar-refractivity contribution in [1.82, 2.24) is 9.80 Å². The zero-order valence-electron chi connectivity index (χ0n) is 22.3. The summed E-state index contributed by atoms with van der Waals surface area (Å²) < 4.78 is 11.7. The molecule has 2 aliphatic carbocycles. The number of piperazine rings is 1. The molecule has 0 spiro atoms. The topological polar surface area (TPSA) is 65.4 Å². The van der Waals surface area contributed by atoms with Crippen LogP contribution in [-0.2, 0) is 0 Å². The number of ether oxygens (including phenoxy) is 2. The largest absolute Gasteiger partial charge is 0.491 e. The van der Waals surface area contributed by atoms with Gasteiger partial charge in [-0.05, 0) is 61.1 Å². The summed E-state index contributed by atoms with van der Waals surface area (Å²) in [4.78, 5) is 4.54. The highest BCUT2D eigenvalue weighted by Crippen LogP contribution is 2.30. The lowest BCUT2D eigenvalue weighted by atomic mass is 9.99. The van der Waals surface area contributed by atoms with Gasteiger partial charge < -0.3 is 19.7 Å². The van der Waals surface area contributed by atoms with Crippen LogP contribution >= 0.6 is 0 Å². The highest BCUT2D eigenvalue weighted by molar-refractivity contribution is 5.33. The molecular weight excluding hydrogens is 476 g/mol. The molecule has 204 valence electrons. The standard InChI is InChI=1S/C32H42N2O4/c35-29(23-37-31-13-9-27(10-14-31)25-5-1-2-6-25)21-33-17-19-34(20-18-33)22-30(36)24-38-32-15-11-28(12-16-32)26-7-3-4-8-26/h1,3,5,7,9-16,25-26,29-30,35-36H,2,4,6,8,17-24H2/t25-,26+,29-,30-/m1/s1. The summed E-state index contributed by atoms with van der Waals surface area (Å²) in [5.74, 6) is 2.66. The predicted octanol–water partition coefficient (Wildman–Crippen LogP) is 4.35. The van der Waals surface area contributed by atoms with Crippen molar-refractivity contribution in [3.05, 3.63) is 84.0 Å². The van der Waals surface area contributed by atoms with Gasteiger partial charge in [0, 0.05) is 51.1 Å². The average molecular weight is 519 g/mol. The van der Waals surface area contributed by atoms with E-state index in [1.807, 2.05) is 24.3 Å². The molecule has 2 N–H and O–H groups in total. The smallest absolute Gasteiger partial charge is 0.119 e. The Hall–Kier alpha value is -2.64. The molecule has 1 fully saturated rings. The van der Waals surface area contributed by atoms with E-state index in [9.17, 15) is 10.2 Å². The van der Waals surface area contributed by atoms with Crippen molar-refractivity contribution in [3.8, 4) is 11.5 Å². The van der Waals surface area contributed by atoms with Gasteiger partial charge in [0.15, 0.2) is 0 Å². The zero-order valence-corrected chi connectivity index (χ0v) is 22.3. The van der Waals surface area contributed by atoms with Gasteiger partial charge in [0.1, 0.15) is 36.9 Å². The van der Waals surface area contributed by atoms with Crippen LogP contribution in [-0.4, -0.2) is 84.7 Å². The molecule has 0 saturated carbocycles. The fraction of sp³-hybridized carbons (Fsp3) is 0.500. The van der Waals surface area contributed by atoms with E-state index in [0.29, 0.717) is 24.9 Å². The molecule has 2 aromatic carbocycles. The van der Waals surface area contributed by atoms with Crippen LogP contribution in [0, 0.1) is 0 Å². The van der Waals surface area contributed by atoms with Crippen molar-refractivity contribution in [1.29, 1.82) is 0 Å². The molecule has 0 bridgehead atoms. The molecule has 5 rings (SSSR count). The van der Waals surface area contributed by atoms with Gasteiger partial charge in [-0.3, -0.25) is 9.80 Å². The molecule has 0 unspecified atom stereocenters. The first-order valence-electron chi connectivity index (χ1n) is 14.2. The quantitative estimate of drug-likeness (QED) is 0.408. The number of hydrogen-bond donors (Lipinski definition) is 2. The van der Waals surface area contributed by atoms with Crippen LogP contribution in [0.5, 0.6) is 11.5 Å². The fourth-order valence-corrected chi connectivity index (χ4v) is 5.68. The maximum atomic E-state index is 10.5. The molecule has 0 aromatic heterocycles. The predicted molar refractivity (Wildman–Crippen MR) is 151 cm³/mol. The number of aliphatic hydroxyl groups excluding tert-OH is 2. The first-order chi connectivity index (χ1) is 18.6. The van der Waals surface area contributed by atoms with Crippen molar-refractivity contribution < 1.29 is 19.7 Å². The Morgan fingerprint density at radius 3 is 1.37 bits per heavy atom. The number of allylic oxidation sites excluding steroid dienone is 4. The second kappa shape index (κ2) is 13.4. The molecule has 1 aliphatic heterocycles. The maximum Gasteiger partial charge on any atom is 0.119 e. The lowest BCUT2D eigenvalue weighted by Crippen LogP contribution is -2.51. The summed E-state index contributed by atoms with van der Waals surface area (Å²) in [5, 5.41) is 21.0. The Kier molecular flexibility index (Phi) is 9.52. The molecule has 0 amide bonds. The lowest BCUT2D eigenvalue weighted by Gasteiger charge is -2.36. The molecule has 6 nitrogen and oxygen atoms in total. The lowest BCUT2D eigenvalue weighted by molar-refractivity contribution is 0.0240. The van der Waals surface area contributed by atoms with Gasteiger partial charge in [0.05, 0.1) is 0 Å². The maximum absolute atomic E-state index is 10.5. The monoisotopic (exact) mass is 518 g/mol. The van der Waals surface area contributed by atoms with E-state index in [0.717, 1.165) is 50.5 Å². The number of hydrogen-bond acceptors (Lipinski definition) is 6. The molecule has 2 aromatic rings. The van der Waals surface area contributed by atoms with Crippen LogP contribution in [0.2, 0.25) is 0 Å². The van der Waals surface area contributed by atoms with Crippen LogP contribution in [0.1, 0.15) is 48.6 Å². The third-order valence-electron chi connectivity index (χ3n) is 7.93. The Bertz CT molecular complexity index is 959. The normalized spacial score (nSPS) is 23.5. The van der Waals surface area contributed by atoms with Gasteiger partial charge in [0.2, 0.25) is 0 Å². The van der Waals surface area contributed by atoms with Crippen molar-refractivity contribution >= 4 is 0 Å². The summed E-state index contributed by atoms with van der Waals surface area (Å²) in [6.45, 7) is 5.23. The van der Waals surface area contributed by atoms with Crippen LogP contribution < -0.4 is 9.47 Å². The van der Waals surface area contributed by atoms with Crippen molar-refractivity contribution in [2.45, 2.75) is 49.7 Å². The summed E-state index contributed by atoms with van der Waals surface area (Å²) in [6, 6.07) is 16.5. The minimum absolute atomic E-state index is 0.289. The summed E-state index contributed by atoms with van der Waals surface area (Å²) >= 11 is 0. The Morgan fingerprint density at radius 1 is 0.632 bits per heavy atom. The molecule has 4 atom stereocenters. The van der Waals surface area contributed by atoms with Crippen molar-refractivity contribution in [3.63, 3.8) is 0 Å². The molecule has 1 saturated heterocycles. The Morgan fingerprint density at radius 2 is 1.03 bits per heavy atom. The van der Waals surface area contributed by atoms with Gasteiger partial charge in [0.25, 0.3) is 0 Å². The third kappa shape index (κ3) is 7.70. The van der Waals surface area contributed by atoms with Crippen LogP contribution in [0.3, 0.4) is 0 Å². The first kappa shape index (κ1) is 26.9. The second-order valence-electron chi connectivity index (χ2n) is 10.9.